The Bertz CT molecular complexity index is 1110. The highest BCUT2D eigenvalue weighted by molar-refractivity contribution is 7.18. The molecule has 0 fully saturated rings. The van der Waals surface area contributed by atoms with Crippen LogP contribution < -0.4 is 5.32 Å². The van der Waals surface area contributed by atoms with Gasteiger partial charge in [0.15, 0.2) is 0 Å². The molecule has 0 aliphatic rings. The molecule has 0 unspecified atom stereocenters. The number of aliphatic hydroxyl groups excluding tert-OH is 2. The Morgan fingerprint density at radius 1 is 1.07 bits per heavy atom. The van der Waals surface area contributed by atoms with Crippen LogP contribution in [-0.4, -0.2) is 44.4 Å². The van der Waals surface area contributed by atoms with E-state index in [0.717, 1.165) is 26.8 Å². The summed E-state index contributed by atoms with van der Waals surface area (Å²) in [4.78, 5) is 14.4. The fourth-order valence-electron chi connectivity index (χ4n) is 2.92. The summed E-state index contributed by atoms with van der Waals surface area (Å²) in [5, 5.41) is 24.7. The minimum Gasteiger partial charge on any atom is -0.394 e. The molecule has 0 radical (unpaired) electrons. The zero-order valence-corrected chi connectivity index (χ0v) is 16.1. The predicted octanol–water partition coefficient (Wildman–Crippen LogP) is 3.49. The van der Waals surface area contributed by atoms with Gasteiger partial charge in [-0.1, -0.05) is 36.4 Å². The summed E-state index contributed by atoms with van der Waals surface area (Å²) in [6, 6.07) is 16.5. The quantitative estimate of drug-likeness (QED) is 0.465. The van der Waals surface area contributed by atoms with Crippen LogP contribution >= 0.6 is 11.3 Å². The molecule has 2 aromatic carbocycles. The van der Waals surface area contributed by atoms with Gasteiger partial charge in [0, 0.05) is 18.3 Å². The molecule has 0 spiro atoms. The van der Waals surface area contributed by atoms with Crippen LogP contribution in [0, 0.1) is 6.92 Å². The molecule has 142 valence electrons. The maximum absolute atomic E-state index is 9.48. The van der Waals surface area contributed by atoms with Crippen LogP contribution in [0.4, 0.5) is 5.95 Å². The van der Waals surface area contributed by atoms with Gasteiger partial charge < -0.3 is 15.5 Å². The Hall–Kier alpha value is -2.87. The van der Waals surface area contributed by atoms with E-state index in [4.69, 9.17) is 10.1 Å². The second-order valence-corrected chi connectivity index (χ2v) is 7.48. The van der Waals surface area contributed by atoms with Gasteiger partial charge in [-0.3, -0.25) is 0 Å². The van der Waals surface area contributed by atoms with Crippen molar-refractivity contribution in [2.75, 3.05) is 18.5 Å². The average Bonchev–Trinajstić information content (AvgIpc) is 3.13. The van der Waals surface area contributed by atoms with Gasteiger partial charge in [-0.15, -0.1) is 11.3 Å². The number of nitrogens with zero attached hydrogens (tertiary/aromatic N) is 3. The molecule has 0 saturated heterocycles. The molecular weight excluding hydrogens is 372 g/mol. The molecular formula is C21H20N4O2S. The lowest BCUT2D eigenvalue weighted by molar-refractivity contribution is 0.105. The topological polar surface area (TPSA) is 91.2 Å². The van der Waals surface area contributed by atoms with E-state index in [-0.39, 0.29) is 13.2 Å². The van der Waals surface area contributed by atoms with E-state index in [1.54, 1.807) is 17.5 Å². The van der Waals surface area contributed by atoms with Crippen molar-refractivity contribution in [1.82, 2.24) is 15.0 Å². The van der Waals surface area contributed by atoms with Gasteiger partial charge in [0.05, 0.1) is 29.0 Å². The van der Waals surface area contributed by atoms with Gasteiger partial charge >= 0.3 is 0 Å². The second-order valence-electron chi connectivity index (χ2n) is 6.48. The van der Waals surface area contributed by atoms with Gasteiger partial charge in [-0.2, -0.15) is 0 Å². The first kappa shape index (κ1) is 18.5. The number of aromatic nitrogens is 3. The molecule has 0 bridgehead atoms. The summed E-state index contributed by atoms with van der Waals surface area (Å²) in [5.74, 6) is 0.407. The Morgan fingerprint density at radius 3 is 2.71 bits per heavy atom. The lowest BCUT2D eigenvalue weighted by Gasteiger charge is -2.09. The summed E-state index contributed by atoms with van der Waals surface area (Å²) in [6.45, 7) is 1.85. The van der Waals surface area contributed by atoms with Crippen molar-refractivity contribution in [1.29, 1.82) is 0 Å². The second kappa shape index (κ2) is 8.02. The fourth-order valence-corrected chi connectivity index (χ4v) is 3.96. The van der Waals surface area contributed by atoms with Crippen molar-refractivity contribution in [2.45, 2.75) is 13.0 Å². The minimum atomic E-state index is -0.850. The van der Waals surface area contributed by atoms with Crippen LogP contribution in [-0.2, 0) is 0 Å². The molecule has 0 amide bonds. The number of benzene rings is 2. The first-order valence-corrected chi connectivity index (χ1v) is 9.78. The molecule has 1 atom stereocenters. The first-order chi connectivity index (χ1) is 13.6. The molecule has 28 heavy (non-hydrogen) atoms. The van der Waals surface area contributed by atoms with Crippen LogP contribution in [0.5, 0.6) is 0 Å². The minimum absolute atomic E-state index is 0.184. The monoisotopic (exact) mass is 392 g/mol. The molecule has 0 aliphatic heterocycles. The van der Waals surface area contributed by atoms with E-state index in [1.807, 2.05) is 25.1 Å². The molecule has 0 saturated carbocycles. The van der Waals surface area contributed by atoms with Crippen LogP contribution in [0.3, 0.4) is 0 Å². The van der Waals surface area contributed by atoms with Crippen LogP contribution in [0.1, 0.15) is 5.69 Å². The summed E-state index contributed by atoms with van der Waals surface area (Å²) < 4.78 is 0. The standard InChI is InChI=1S/C21H20N4O2S/c1-13-19(18-8-9-22-21(25-18)23-11-17(27)12-26)28-20(24-13)16-7-6-14-4-2-3-5-15(14)10-16/h2-10,17,26-27H,11-12H2,1H3,(H,22,23,25)/t17-/m1/s1. The van der Waals surface area contributed by atoms with Crippen molar-refractivity contribution in [3.63, 3.8) is 0 Å². The molecule has 4 aromatic rings. The van der Waals surface area contributed by atoms with Gasteiger partial charge in [-0.25, -0.2) is 15.0 Å². The maximum Gasteiger partial charge on any atom is 0.223 e. The number of aliphatic hydroxyl groups is 2. The molecule has 3 N–H and O–H groups in total. The smallest absolute Gasteiger partial charge is 0.223 e. The number of nitrogens with one attached hydrogen (secondary N) is 1. The summed E-state index contributed by atoms with van der Waals surface area (Å²) >= 11 is 1.59. The van der Waals surface area contributed by atoms with Crippen molar-refractivity contribution in [3.8, 4) is 21.1 Å². The van der Waals surface area contributed by atoms with Crippen LogP contribution in [0.15, 0.2) is 54.7 Å². The fraction of sp³-hybridized carbons (Fsp3) is 0.190. The molecule has 4 rings (SSSR count). The van der Waals surface area contributed by atoms with Gasteiger partial charge in [0.1, 0.15) is 5.01 Å². The average molecular weight is 392 g/mol. The van der Waals surface area contributed by atoms with Crippen molar-refractivity contribution >= 4 is 28.1 Å². The molecule has 2 heterocycles. The Kier molecular flexibility index (Phi) is 5.29. The van der Waals surface area contributed by atoms with Crippen LogP contribution in [0.2, 0.25) is 0 Å². The van der Waals surface area contributed by atoms with Crippen LogP contribution in [0.25, 0.3) is 31.9 Å². The van der Waals surface area contributed by atoms with Crippen molar-refractivity contribution in [3.05, 3.63) is 60.4 Å². The van der Waals surface area contributed by atoms with E-state index >= 15 is 0 Å². The van der Waals surface area contributed by atoms with Crippen molar-refractivity contribution < 1.29 is 10.2 Å². The third-order valence-electron chi connectivity index (χ3n) is 4.39. The summed E-state index contributed by atoms with van der Waals surface area (Å²) in [6.07, 6.45) is 0.821. The zero-order valence-electron chi connectivity index (χ0n) is 15.3. The SMILES string of the molecule is Cc1nc(-c2ccc3ccccc3c2)sc1-c1ccnc(NC[C@@H](O)CO)n1. The number of thiazole rings is 1. The number of anilines is 1. The lowest BCUT2D eigenvalue weighted by atomic mass is 10.1. The molecule has 6 nitrogen and oxygen atoms in total. The number of hydrogen-bond acceptors (Lipinski definition) is 7. The number of hydrogen-bond donors (Lipinski definition) is 3. The Labute approximate surface area is 166 Å². The number of fused-ring (bicyclic) bond motifs is 1. The highest BCUT2D eigenvalue weighted by Crippen LogP contribution is 2.35. The van der Waals surface area contributed by atoms with Gasteiger partial charge in [-0.05, 0) is 29.8 Å². The lowest BCUT2D eigenvalue weighted by Crippen LogP contribution is -2.23. The third-order valence-corrected chi connectivity index (χ3v) is 5.62. The zero-order chi connectivity index (χ0) is 19.5. The maximum atomic E-state index is 9.48. The largest absolute Gasteiger partial charge is 0.394 e. The molecule has 0 aliphatic carbocycles. The highest BCUT2D eigenvalue weighted by Gasteiger charge is 2.14. The van der Waals surface area contributed by atoms with Crippen molar-refractivity contribution in [2.24, 2.45) is 0 Å². The number of aryl methyl sites for hydroxylation is 1. The molecule has 7 heteroatoms. The molecule has 2 aromatic heterocycles. The van der Waals surface area contributed by atoms with E-state index in [0.29, 0.717) is 5.95 Å². The Balaban J connectivity index is 1.64. The number of rotatable bonds is 6. The summed E-state index contributed by atoms with van der Waals surface area (Å²) in [7, 11) is 0. The summed E-state index contributed by atoms with van der Waals surface area (Å²) in [5.41, 5.74) is 2.77. The first-order valence-electron chi connectivity index (χ1n) is 8.97. The van der Waals surface area contributed by atoms with E-state index < -0.39 is 6.10 Å². The normalized spacial score (nSPS) is 12.2. The Morgan fingerprint density at radius 2 is 1.89 bits per heavy atom. The predicted molar refractivity (Wildman–Crippen MR) is 112 cm³/mol. The van der Waals surface area contributed by atoms with E-state index in [9.17, 15) is 5.11 Å². The highest BCUT2D eigenvalue weighted by atomic mass is 32.1. The van der Waals surface area contributed by atoms with E-state index in [1.165, 1.54) is 10.8 Å². The van der Waals surface area contributed by atoms with Gasteiger partial charge in [0.2, 0.25) is 5.95 Å². The van der Waals surface area contributed by atoms with E-state index in [2.05, 4.69) is 45.6 Å². The van der Waals surface area contributed by atoms with Gasteiger partial charge in [0.25, 0.3) is 0 Å². The third kappa shape index (κ3) is 3.87.